The van der Waals surface area contributed by atoms with Gasteiger partial charge in [-0.2, -0.15) is 5.10 Å². The molecule has 1 aromatic heterocycles. The summed E-state index contributed by atoms with van der Waals surface area (Å²) in [6, 6.07) is 19.3. The maximum absolute atomic E-state index is 5.33. The normalized spacial score (nSPS) is 17.0. The smallest absolute Gasteiger partial charge is 0.127 e. The fourth-order valence-electron chi connectivity index (χ4n) is 3.91. The van der Waals surface area contributed by atoms with Crippen LogP contribution in [0.15, 0.2) is 60.8 Å². The van der Waals surface area contributed by atoms with Crippen molar-refractivity contribution in [1.82, 2.24) is 14.7 Å². The van der Waals surface area contributed by atoms with Gasteiger partial charge in [0.05, 0.1) is 19.3 Å². The first-order chi connectivity index (χ1) is 13.7. The molecule has 5 nitrogen and oxygen atoms in total. The van der Waals surface area contributed by atoms with E-state index >= 15 is 0 Å². The lowest BCUT2D eigenvalue weighted by molar-refractivity contribution is 0.312. The van der Waals surface area contributed by atoms with E-state index in [9.17, 15) is 0 Å². The van der Waals surface area contributed by atoms with Crippen LogP contribution in [0.3, 0.4) is 0 Å². The molecule has 3 aromatic rings. The second kappa shape index (κ2) is 8.48. The lowest BCUT2D eigenvalue weighted by Gasteiger charge is -2.19. The average Bonchev–Trinajstić information content (AvgIpc) is 3.33. The van der Waals surface area contributed by atoms with Gasteiger partial charge in [0.2, 0.25) is 0 Å². The van der Waals surface area contributed by atoms with Gasteiger partial charge in [-0.25, -0.2) is 4.68 Å². The third-order valence-electron chi connectivity index (χ3n) is 5.41. The molecule has 0 radical (unpaired) electrons. The summed E-state index contributed by atoms with van der Waals surface area (Å²) in [6.45, 7) is 6.01. The van der Waals surface area contributed by atoms with Gasteiger partial charge >= 0.3 is 0 Å². The highest BCUT2D eigenvalue weighted by Crippen LogP contribution is 2.28. The molecule has 0 aliphatic carbocycles. The van der Waals surface area contributed by atoms with Crippen LogP contribution in [0.5, 0.6) is 5.75 Å². The summed E-state index contributed by atoms with van der Waals surface area (Å²) in [5.74, 6) is 2.01. The van der Waals surface area contributed by atoms with Gasteiger partial charge in [-0.05, 0) is 36.6 Å². The number of benzene rings is 2. The molecular weight excluding hydrogens is 348 g/mol. The Hall–Kier alpha value is -2.79. The van der Waals surface area contributed by atoms with Gasteiger partial charge in [0, 0.05) is 31.7 Å². The summed E-state index contributed by atoms with van der Waals surface area (Å²) in [4.78, 5) is 2.52. The van der Waals surface area contributed by atoms with Crippen LogP contribution in [0.25, 0.3) is 0 Å². The lowest BCUT2D eigenvalue weighted by Crippen LogP contribution is -2.22. The van der Waals surface area contributed by atoms with Crippen molar-refractivity contribution < 1.29 is 4.74 Å². The van der Waals surface area contributed by atoms with Crippen LogP contribution in [0.1, 0.15) is 29.2 Å². The monoisotopic (exact) mass is 376 g/mol. The van der Waals surface area contributed by atoms with E-state index in [0.29, 0.717) is 6.04 Å². The van der Waals surface area contributed by atoms with Crippen LogP contribution in [-0.2, 0) is 13.1 Å². The summed E-state index contributed by atoms with van der Waals surface area (Å²) in [7, 11) is 1.70. The lowest BCUT2D eigenvalue weighted by atomic mass is 10.2. The predicted molar refractivity (Wildman–Crippen MR) is 113 cm³/mol. The maximum atomic E-state index is 5.33. The molecule has 146 valence electrons. The van der Waals surface area contributed by atoms with E-state index in [1.54, 1.807) is 7.11 Å². The Kier molecular flexibility index (Phi) is 5.63. The molecule has 1 fully saturated rings. The Labute approximate surface area is 166 Å². The average molecular weight is 377 g/mol. The Morgan fingerprint density at radius 3 is 2.75 bits per heavy atom. The molecular formula is C23H28N4O. The Bertz CT molecular complexity index is 906. The minimum absolute atomic E-state index is 0.408. The minimum Gasteiger partial charge on any atom is -0.497 e. The van der Waals surface area contributed by atoms with Crippen LogP contribution in [0, 0.1) is 6.92 Å². The predicted octanol–water partition coefficient (Wildman–Crippen LogP) is 4.26. The summed E-state index contributed by atoms with van der Waals surface area (Å²) in [6.07, 6.45) is 3.09. The van der Waals surface area contributed by atoms with E-state index in [4.69, 9.17) is 4.74 Å². The van der Waals surface area contributed by atoms with Gasteiger partial charge in [0.25, 0.3) is 0 Å². The molecule has 4 rings (SSSR count). The van der Waals surface area contributed by atoms with Gasteiger partial charge in [0.1, 0.15) is 11.6 Å². The Morgan fingerprint density at radius 2 is 1.93 bits per heavy atom. The van der Waals surface area contributed by atoms with Crippen LogP contribution < -0.4 is 10.1 Å². The maximum Gasteiger partial charge on any atom is 0.127 e. The fourth-order valence-corrected chi connectivity index (χ4v) is 3.91. The molecule has 1 N–H and O–H groups in total. The van der Waals surface area contributed by atoms with Gasteiger partial charge in [-0.15, -0.1) is 0 Å². The van der Waals surface area contributed by atoms with Gasteiger partial charge in [0.15, 0.2) is 0 Å². The summed E-state index contributed by atoms with van der Waals surface area (Å²) in [5, 5.41) is 8.28. The molecule has 0 spiro atoms. The third kappa shape index (κ3) is 4.20. The van der Waals surface area contributed by atoms with Crippen molar-refractivity contribution in [1.29, 1.82) is 0 Å². The number of hydrogen-bond donors (Lipinski definition) is 1. The van der Waals surface area contributed by atoms with E-state index in [2.05, 4.69) is 69.4 Å². The van der Waals surface area contributed by atoms with Crippen LogP contribution in [-0.4, -0.2) is 34.9 Å². The van der Waals surface area contributed by atoms with Gasteiger partial charge in [-0.1, -0.05) is 42.5 Å². The number of aromatic nitrogens is 2. The van der Waals surface area contributed by atoms with Gasteiger partial charge < -0.3 is 10.1 Å². The first kappa shape index (κ1) is 18.6. The number of methoxy groups -OCH3 is 1. The molecule has 1 aliphatic rings. The third-order valence-corrected chi connectivity index (χ3v) is 5.41. The van der Waals surface area contributed by atoms with E-state index in [-0.39, 0.29) is 0 Å². The zero-order valence-corrected chi connectivity index (χ0v) is 16.6. The molecule has 0 saturated carbocycles. The molecule has 2 heterocycles. The molecule has 28 heavy (non-hydrogen) atoms. The standard InChI is InChI=1S/C23H28N4O/c1-18-14-25-27(23(18)24-15-20-9-6-10-22(13-20)28-2)21-11-12-26(17-21)16-19-7-4-3-5-8-19/h3-10,13-14,21,24H,11-12,15-17H2,1-2H3/t21-/m0/s1. The van der Waals surface area contributed by atoms with Crippen LogP contribution in [0.4, 0.5) is 5.82 Å². The number of rotatable bonds is 7. The fraction of sp³-hybridized carbons (Fsp3) is 0.348. The number of nitrogens with one attached hydrogen (secondary N) is 1. The molecule has 1 aliphatic heterocycles. The van der Waals surface area contributed by atoms with E-state index in [1.807, 2.05) is 18.3 Å². The number of nitrogens with zero attached hydrogens (tertiary/aromatic N) is 3. The molecule has 0 amide bonds. The van der Waals surface area contributed by atoms with Crippen LogP contribution in [0.2, 0.25) is 0 Å². The SMILES string of the molecule is COc1cccc(CNc2c(C)cnn2[C@H]2CCN(Cc3ccccc3)C2)c1. The molecule has 5 heteroatoms. The highest BCUT2D eigenvalue weighted by molar-refractivity contribution is 5.44. The summed E-state index contributed by atoms with van der Waals surface area (Å²) < 4.78 is 7.51. The first-order valence-corrected chi connectivity index (χ1v) is 9.90. The molecule has 1 saturated heterocycles. The largest absolute Gasteiger partial charge is 0.497 e. The van der Waals surface area contributed by atoms with Crippen molar-refractivity contribution in [2.45, 2.75) is 32.5 Å². The summed E-state index contributed by atoms with van der Waals surface area (Å²) in [5.41, 5.74) is 3.75. The van der Waals surface area contributed by atoms with Crippen molar-refractivity contribution in [3.05, 3.63) is 77.5 Å². The number of aryl methyl sites for hydroxylation is 1. The van der Waals surface area contributed by atoms with Crippen molar-refractivity contribution in [3.8, 4) is 5.75 Å². The summed E-state index contributed by atoms with van der Waals surface area (Å²) >= 11 is 0. The molecule has 0 unspecified atom stereocenters. The van der Waals surface area contributed by atoms with Crippen LogP contribution >= 0.6 is 0 Å². The quantitative estimate of drug-likeness (QED) is 0.669. The van der Waals surface area contributed by atoms with Crippen molar-refractivity contribution >= 4 is 5.82 Å². The highest BCUT2D eigenvalue weighted by atomic mass is 16.5. The Balaban J connectivity index is 1.42. The van der Waals surface area contributed by atoms with E-state index in [1.165, 1.54) is 16.7 Å². The van der Waals surface area contributed by atoms with Crippen molar-refractivity contribution in [2.75, 3.05) is 25.5 Å². The minimum atomic E-state index is 0.408. The molecule has 0 bridgehead atoms. The molecule has 1 atom stereocenters. The number of likely N-dealkylation sites (tertiary alicyclic amines) is 1. The van der Waals surface area contributed by atoms with E-state index in [0.717, 1.165) is 44.2 Å². The number of ether oxygens (including phenoxy) is 1. The van der Waals surface area contributed by atoms with E-state index < -0.39 is 0 Å². The zero-order valence-electron chi connectivity index (χ0n) is 16.6. The number of hydrogen-bond acceptors (Lipinski definition) is 4. The second-order valence-corrected chi connectivity index (χ2v) is 7.49. The zero-order chi connectivity index (χ0) is 19.3. The van der Waals surface area contributed by atoms with Crippen molar-refractivity contribution in [3.63, 3.8) is 0 Å². The highest BCUT2D eigenvalue weighted by Gasteiger charge is 2.26. The first-order valence-electron chi connectivity index (χ1n) is 9.90. The molecule has 2 aromatic carbocycles. The Morgan fingerprint density at radius 1 is 1.11 bits per heavy atom. The number of anilines is 1. The van der Waals surface area contributed by atoms with Crippen molar-refractivity contribution in [2.24, 2.45) is 0 Å². The second-order valence-electron chi connectivity index (χ2n) is 7.49. The van der Waals surface area contributed by atoms with Gasteiger partial charge in [-0.3, -0.25) is 4.90 Å². The topological polar surface area (TPSA) is 42.3 Å².